The smallest absolute Gasteiger partial charge is 0.0124 e. The van der Waals surface area contributed by atoms with Crippen molar-refractivity contribution >= 4 is 0 Å². The Morgan fingerprint density at radius 3 is 1.96 bits per heavy atom. The van der Waals surface area contributed by atoms with Gasteiger partial charge < -0.3 is 0 Å². The van der Waals surface area contributed by atoms with E-state index in [-0.39, 0.29) is 0 Å². The number of benzene rings is 2. The van der Waals surface area contributed by atoms with E-state index in [1.807, 2.05) is 6.08 Å². The first-order valence-electron chi connectivity index (χ1n) is 10.7. The number of allylic oxidation sites excluding steroid dienone is 3. The molecular formula is C27H34. The van der Waals surface area contributed by atoms with E-state index in [9.17, 15) is 0 Å². The average Bonchev–Trinajstić information content (AvgIpc) is 2.73. The van der Waals surface area contributed by atoms with Gasteiger partial charge in [0.1, 0.15) is 0 Å². The molecule has 0 nitrogen and oxygen atoms in total. The summed E-state index contributed by atoms with van der Waals surface area (Å²) in [7, 11) is 0. The highest BCUT2D eigenvalue weighted by atomic mass is 14.2. The second-order valence-electron chi connectivity index (χ2n) is 7.97. The van der Waals surface area contributed by atoms with Crippen LogP contribution >= 0.6 is 0 Å². The van der Waals surface area contributed by atoms with Gasteiger partial charge in [0.2, 0.25) is 0 Å². The Kier molecular flexibility index (Phi) is 7.51. The Balaban J connectivity index is 1.50. The van der Waals surface area contributed by atoms with Crippen LogP contribution in [0, 0.1) is 0 Å². The molecule has 142 valence electrons. The van der Waals surface area contributed by atoms with Gasteiger partial charge in [0.25, 0.3) is 0 Å². The van der Waals surface area contributed by atoms with E-state index in [2.05, 4.69) is 68.1 Å². The maximum absolute atomic E-state index is 3.83. The molecule has 0 aromatic heterocycles. The Bertz CT molecular complexity index is 731. The van der Waals surface area contributed by atoms with Crippen LogP contribution in [0.5, 0.6) is 0 Å². The highest BCUT2D eigenvalue weighted by molar-refractivity contribution is 5.29. The van der Waals surface area contributed by atoms with E-state index < -0.39 is 0 Å². The number of hydrogen-bond donors (Lipinski definition) is 0. The van der Waals surface area contributed by atoms with E-state index in [4.69, 9.17) is 0 Å². The zero-order valence-electron chi connectivity index (χ0n) is 16.9. The second kappa shape index (κ2) is 10.3. The van der Waals surface area contributed by atoms with E-state index in [1.54, 1.807) is 5.57 Å². The Labute approximate surface area is 166 Å². The van der Waals surface area contributed by atoms with Gasteiger partial charge in [-0.3, -0.25) is 0 Å². The van der Waals surface area contributed by atoms with Crippen molar-refractivity contribution in [2.45, 2.75) is 70.6 Å². The van der Waals surface area contributed by atoms with Crippen LogP contribution in [0.4, 0.5) is 0 Å². The fourth-order valence-electron chi connectivity index (χ4n) is 4.11. The third-order valence-electron chi connectivity index (χ3n) is 5.89. The van der Waals surface area contributed by atoms with Crippen LogP contribution in [-0.2, 0) is 19.3 Å². The highest BCUT2D eigenvalue weighted by Gasteiger charge is 2.15. The lowest BCUT2D eigenvalue weighted by atomic mass is 9.83. The SMILES string of the molecule is C=CCCC1=CCC(c2ccc(CCc3ccc(CCC)cc3)cc2)CC1. The van der Waals surface area contributed by atoms with Gasteiger partial charge in [-0.15, -0.1) is 6.58 Å². The van der Waals surface area contributed by atoms with Crippen molar-refractivity contribution in [1.29, 1.82) is 0 Å². The summed E-state index contributed by atoms with van der Waals surface area (Å²) in [6, 6.07) is 18.6. The minimum absolute atomic E-state index is 0.706. The molecule has 0 N–H and O–H groups in total. The minimum Gasteiger partial charge on any atom is -0.103 e. The van der Waals surface area contributed by atoms with Crippen LogP contribution < -0.4 is 0 Å². The number of hydrogen-bond acceptors (Lipinski definition) is 0. The molecule has 0 heteroatoms. The van der Waals surface area contributed by atoms with Crippen LogP contribution in [0.25, 0.3) is 0 Å². The summed E-state index contributed by atoms with van der Waals surface area (Å²) >= 11 is 0. The van der Waals surface area contributed by atoms with E-state index in [0.717, 1.165) is 19.3 Å². The first-order chi connectivity index (χ1) is 13.3. The molecule has 0 amide bonds. The largest absolute Gasteiger partial charge is 0.103 e. The molecule has 0 heterocycles. The zero-order chi connectivity index (χ0) is 18.9. The van der Waals surface area contributed by atoms with Crippen LogP contribution in [-0.4, -0.2) is 0 Å². The van der Waals surface area contributed by atoms with Crippen molar-refractivity contribution in [3.05, 3.63) is 95.1 Å². The van der Waals surface area contributed by atoms with Crippen LogP contribution in [0.2, 0.25) is 0 Å². The van der Waals surface area contributed by atoms with Gasteiger partial charge in [-0.2, -0.15) is 0 Å². The van der Waals surface area contributed by atoms with Gasteiger partial charge in [-0.05, 0) is 79.5 Å². The Hall–Kier alpha value is -2.08. The maximum Gasteiger partial charge on any atom is -0.0124 e. The first kappa shape index (κ1) is 19.7. The zero-order valence-corrected chi connectivity index (χ0v) is 16.9. The molecule has 0 radical (unpaired) electrons. The van der Waals surface area contributed by atoms with Gasteiger partial charge in [0.05, 0.1) is 0 Å². The van der Waals surface area contributed by atoms with E-state index in [0.29, 0.717) is 5.92 Å². The molecule has 3 rings (SSSR count). The van der Waals surface area contributed by atoms with Crippen LogP contribution in [0.15, 0.2) is 72.8 Å². The fourth-order valence-corrected chi connectivity index (χ4v) is 4.11. The van der Waals surface area contributed by atoms with Gasteiger partial charge in [-0.1, -0.05) is 79.6 Å². The maximum atomic E-state index is 3.83. The normalized spacial score (nSPS) is 16.8. The predicted octanol–water partition coefficient (Wildman–Crippen LogP) is 7.58. The topological polar surface area (TPSA) is 0 Å². The lowest BCUT2D eigenvalue weighted by molar-refractivity contribution is 0.586. The molecule has 0 fully saturated rings. The first-order valence-corrected chi connectivity index (χ1v) is 10.7. The standard InChI is InChI=1S/C27H34/c1-3-5-7-23-14-18-26(19-15-23)27-20-16-25(17-21-27)13-12-24-10-8-22(6-4-2)9-11-24/h3,8-11,14,16-17,20-21,26H,1,4-7,12-13,15,18-19H2,2H3. The van der Waals surface area contributed by atoms with Gasteiger partial charge in [0, 0.05) is 0 Å². The molecule has 0 spiro atoms. The molecule has 0 saturated heterocycles. The molecule has 1 aliphatic rings. The number of aryl methyl sites for hydroxylation is 3. The van der Waals surface area contributed by atoms with Gasteiger partial charge in [0.15, 0.2) is 0 Å². The highest BCUT2D eigenvalue weighted by Crippen LogP contribution is 2.33. The molecule has 2 aromatic rings. The summed E-state index contributed by atoms with van der Waals surface area (Å²) in [5.74, 6) is 0.706. The van der Waals surface area contributed by atoms with Crippen molar-refractivity contribution < 1.29 is 0 Å². The van der Waals surface area contributed by atoms with Crippen molar-refractivity contribution in [1.82, 2.24) is 0 Å². The summed E-state index contributed by atoms with van der Waals surface area (Å²) in [5, 5.41) is 0. The van der Waals surface area contributed by atoms with Crippen molar-refractivity contribution in [3.8, 4) is 0 Å². The summed E-state index contributed by atoms with van der Waals surface area (Å²) < 4.78 is 0. The van der Waals surface area contributed by atoms with Crippen molar-refractivity contribution in [2.75, 3.05) is 0 Å². The third kappa shape index (κ3) is 5.96. The number of rotatable bonds is 9. The van der Waals surface area contributed by atoms with Crippen LogP contribution in [0.3, 0.4) is 0 Å². The van der Waals surface area contributed by atoms with E-state index in [1.165, 1.54) is 60.8 Å². The second-order valence-corrected chi connectivity index (χ2v) is 7.97. The molecule has 27 heavy (non-hydrogen) atoms. The minimum atomic E-state index is 0.706. The molecule has 0 aliphatic heterocycles. The molecule has 0 saturated carbocycles. The molecule has 1 unspecified atom stereocenters. The molecule has 1 aliphatic carbocycles. The van der Waals surface area contributed by atoms with E-state index >= 15 is 0 Å². The fraction of sp³-hybridized carbons (Fsp3) is 0.407. The monoisotopic (exact) mass is 358 g/mol. The summed E-state index contributed by atoms with van der Waals surface area (Å²) in [6.07, 6.45) is 15.3. The van der Waals surface area contributed by atoms with Crippen molar-refractivity contribution in [3.63, 3.8) is 0 Å². The summed E-state index contributed by atoms with van der Waals surface area (Å²) in [4.78, 5) is 0. The predicted molar refractivity (Wildman–Crippen MR) is 118 cm³/mol. The summed E-state index contributed by atoms with van der Waals surface area (Å²) in [6.45, 7) is 6.07. The Morgan fingerprint density at radius 2 is 1.44 bits per heavy atom. The van der Waals surface area contributed by atoms with Crippen molar-refractivity contribution in [2.24, 2.45) is 0 Å². The van der Waals surface area contributed by atoms with Gasteiger partial charge in [-0.25, -0.2) is 0 Å². The lowest BCUT2D eigenvalue weighted by Gasteiger charge is -2.22. The Morgan fingerprint density at radius 1 is 0.852 bits per heavy atom. The molecule has 2 aromatic carbocycles. The molecule has 0 bridgehead atoms. The van der Waals surface area contributed by atoms with Crippen LogP contribution in [0.1, 0.15) is 73.6 Å². The quantitative estimate of drug-likeness (QED) is 0.405. The summed E-state index contributed by atoms with van der Waals surface area (Å²) in [5.41, 5.74) is 7.51. The molecule has 1 atom stereocenters. The van der Waals surface area contributed by atoms with Gasteiger partial charge >= 0.3 is 0 Å². The third-order valence-corrected chi connectivity index (χ3v) is 5.89. The lowest BCUT2D eigenvalue weighted by Crippen LogP contribution is -2.04. The average molecular weight is 359 g/mol. The molecular weight excluding hydrogens is 324 g/mol.